The van der Waals surface area contributed by atoms with E-state index in [9.17, 15) is 23.1 Å². The molecule has 2 rings (SSSR count). The number of benzene rings is 1. The molecule has 0 saturated carbocycles. The fourth-order valence-electron chi connectivity index (χ4n) is 2.84. The molecular formula is C14H15Cl2NO6S. The number of nitrogens with zero attached hydrogens (tertiary/aromatic N) is 1. The lowest BCUT2D eigenvalue weighted by atomic mass is 9.82. The Labute approximate surface area is 149 Å². The summed E-state index contributed by atoms with van der Waals surface area (Å²) < 4.78 is 31.1. The number of rotatable bonds is 4. The quantitative estimate of drug-likeness (QED) is 0.782. The van der Waals surface area contributed by atoms with Gasteiger partial charge in [0.2, 0.25) is 10.0 Å². The van der Waals surface area contributed by atoms with Gasteiger partial charge in [-0.05, 0) is 31.5 Å². The number of hydrogen-bond donors (Lipinski definition) is 1. The maximum atomic E-state index is 12.8. The molecule has 1 heterocycles. The summed E-state index contributed by atoms with van der Waals surface area (Å²) in [6, 6.07) is 2.12. The van der Waals surface area contributed by atoms with E-state index in [1.165, 1.54) is 25.1 Å². The first-order valence-corrected chi connectivity index (χ1v) is 9.03. The molecule has 0 aliphatic carbocycles. The number of halogens is 2. The van der Waals surface area contributed by atoms with E-state index in [1.807, 2.05) is 0 Å². The zero-order chi connectivity index (χ0) is 18.3. The molecule has 1 aromatic carbocycles. The number of methoxy groups -OCH3 is 1. The predicted octanol–water partition coefficient (Wildman–Crippen LogP) is 2.02. The molecule has 1 aliphatic heterocycles. The summed E-state index contributed by atoms with van der Waals surface area (Å²) in [6.45, 7) is 1.23. The lowest BCUT2D eigenvalue weighted by molar-refractivity contribution is -0.159. The second-order valence-corrected chi connectivity index (χ2v) is 8.38. The molecule has 2 unspecified atom stereocenters. The van der Waals surface area contributed by atoms with Gasteiger partial charge in [0.15, 0.2) is 0 Å². The topological polar surface area (TPSA) is 101 Å². The number of sulfonamides is 1. The third-order valence-corrected chi connectivity index (χ3v) is 6.35. The number of carbonyl (C=O) groups is 2. The highest BCUT2D eigenvalue weighted by Crippen LogP contribution is 2.41. The van der Waals surface area contributed by atoms with Crippen LogP contribution in [0.5, 0.6) is 0 Å². The molecule has 2 atom stereocenters. The van der Waals surface area contributed by atoms with Crippen LogP contribution in [0.3, 0.4) is 0 Å². The fraction of sp³-hybridized carbons (Fsp3) is 0.429. The van der Waals surface area contributed by atoms with Crippen molar-refractivity contribution in [3.8, 4) is 0 Å². The van der Waals surface area contributed by atoms with Crippen molar-refractivity contribution >= 4 is 45.2 Å². The Hall–Kier alpha value is -1.35. The van der Waals surface area contributed by atoms with Crippen LogP contribution in [0.25, 0.3) is 0 Å². The van der Waals surface area contributed by atoms with Crippen molar-refractivity contribution in [2.75, 3.05) is 13.7 Å². The fourth-order valence-corrected chi connectivity index (χ4v) is 5.25. The van der Waals surface area contributed by atoms with Gasteiger partial charge in [0.1, 0.15) is 6.04 Å². The van der Waals surface area contributed by atoms with Crippen molar-refractivity contribution in [1.82, 2.24) is 4.31 Å². The van der Waals surface area contributed by atoms with Crippen molar-refractivity contribution in [2.45, 2.75) is 24.3 Å². The molecule has 1 aromatic rings. The van der Waals surface area contributed by atoms with Crippen molar-refractivity contribution in [2.24, 2.45) is 5.41 Å². The molecule has 7 nitrogen and oxygen atoms in total. The second kappa shape index (κ2) is 6.51. The molecule has 0 spiro atoms. The van der Waals surface area contributed by atoms with E-state index in [1.54, 1.807) is 0 Å². The number of hydrogen-bond acceptors (Lipinski definition) is 5. The molecule has 0 amide bonds. The molecule has 24 heavy (non-hydrogen) atoms. The molecule has 0 radical (unpaired) electrons. The van der Waals surface area contributed by atoms with Crippen LogP contribution in [0, 0.1) is 5.41 Å². The maximum Gasteiger partial charge on any atom is 0.323 e. The summed E-state index contributed by atoms with van der Waals surface area (Å²) >= 11 is 11.7. The number of carboxylic acid groups (broad SMARTS) is 1. The minimum Gasteiger partial charge on any atom is -0.480 e. The second-order valence-electron chi connectivity index (χ2n) is 5.62. The molecule has 1 saturated heterocycles. The van der Waals surface area contributed by atoms with Gasteiger partial charge in [-0.2, -0.15) is 4.31 Å². The molecule has 132 valence electrons. The van der Waals surface area contributed by atoms with Crippen LogP contribution in [0.1, 0.15) is 13.3 Å². The van der Waals surface area contributed by atoms with E-state index >= 15 is 0 Å². The van der Waals surface area contributed by atoms with E-state index in [4.69, 9.17) is 23.2 Å². The highest BCUT2D eigenvalue weighted by Gasteiger charge is 2.57. The first-order chi connectivity index (χ1) is 11.0. The van der Waals surface area contributed by atoms with Gasteiger partial charge in [0, 0.05) is 16.6 Å². The summed E-state index contributed by atoms with van der Waals surface area (Å²) in [5.74, 6) is -2.21. The number of esters is 1. The lowest BCUT2D eigenvalue weighted by Crippen LogP contribution is -2.50. The number of ether oxygens (including phenoxy) is 1. The van der Waals surface area contributed by atoms with Gasteiger partial charge in [-0.3, -0.25) is 9.59 Å². The Morgan fingerprint density at radius 3 is 2.29 bits per heavy atom. The molecule has 0 bridgehead atoms. The van der Waals surface area contributed by atoms with E-state index in [0.717, 1.165) is 11.4 Å². The SMILES string of the molecule is COC(=O)C1(C)CCN(S(=O)(=O)c2cc(Cl)cc(Cl)c2)C1C(=O)O. The third kappa shape index (κ3) is 3.11. The predicted molar refractivity (Wildman–Crippen MR) is 86.5 cm³/mol. The Bertz CT molecular complexity index is 776. The summed E-state index contributed by atoms with van der Waals surface area (Å²) in [5.41, 5.74) is -1.49. The van der Waals surface area contributed by atoms with Crippen LogP contribution in [0.4, 0.5) is 0 Å². The van der Waals surface area contributed by atoms with Crippen LogP contribution < -0.4 is 0 Å². The summed E-state index contributed by atoms with van der Waals surface area (Å²) in [7, 11) is -3.09. The Morgan fingerprint density at radius 2 is 1.83 bits per heavy atom. The number of carbonyl (C=O) groups excluding carboxylic acids is 1. The van der Waals surface area contributed by atoms with Gasteiger partial charge in [-0.15, -0.1) is 0 Å². The monoisotopic (exact) mass is 395 g/mol. The maximum absolute atomic E-state index is 12.8. The van der Waals surface area contributed by atoms with Gasteiger partial charge in [-0.1, -0.05) is 23.2 Å². The van der Waals surface area contributed by atoms with Gasteiger partial charge >= 0.3 is 11.9 Å². The van der Waals surface area contributed by atoms with Gasteiger partial charge in [0.25, 0.3) is 0 Å². The van der Waals surface area contributed by atoms with Crippen LogP contribution >= 0.6 is 23.2 Å². The number of carboxylic acids is 1. The molecular weight excluding hydrogens is 381 g/mol. The number of aliphatic carboxylic acids is 1. The lowest BCUT2D eigenvalue weighted by Gasteiger charge is -2.29. The molecule has 1 fully saturated rings. The van der Waals surface area contributed by atoms with Gasteiger partial charge in [0.05, 0.1) is 17.4 Å². The van der Waals surface area contributed by atoms with Crippen LogP contribution in [0.15, 0.2) is 23.1 Å². The summed E-state index contributed by atoms with van der Waals surface area (Å²) in [5, 5.41) is 9.72. The van der Waals surface area contributed by atoms with E-state index < -0.39 is 33.4 Å². The van der Waals surface area contributed by atoms with Crippen LogP contribution in [-0.2, 0) is 24.3 Å². The summed E-state index contributed by atoms with van der Waals surface area (Å²) in [6.07, 6.45) is 0.0180. The standard InChI is InChI=1S/C14H15Cl2NO6S/c1-14(13(20)23-2)3-4-17(11(14)12(18)19)24(21,22)10-6-8(15)5-9(16)7-10/h5-7,11H,3-4H2,1-2H3,(H,18,19). The van der Waals surface area contributed by atoms with Crippen molar-refractivity contribution in [3.63, 3.8) is 0 Å². The van der Waals surface area contributed by atoms with E-state index in [0.29, 0.717) is 0 Å². The third-order valence-electron chi connectivity index (χ3n) is 4.07. The molecule has 1 N–H and O–H groups in total. The minimum absolute atomic E-state index is 0.0180. The van der Waals surface area contributed by atoms with Crippen molar-refractivity contribution in [3.05, 3.63) is 28.2 Å². The highest BCUT2D eigenvalue weighted by atomic mass is 35.5. The minimum atomic E-state index is -4.21. The van der Waals surface area contributed by atoms with Crippen molar-refractivity contribution in [1.29, 1.82) is 0 Å². The van der Waals surface area contributed by atoms with E-state index in [-0.39, 0.29) is 27.9 Å². The molecule has 0 aromatic heterocycles. The van der Waals surface area contributed by atoms with Gasteiger partial charge < -0.3 is 9.84 Å². The van der Waals surface area contributed by atoms with Gasteiger partial charge in [-0.25, -0.2) is 8.42 Å². The zero-order valence-electron chi connectivity index (χ0n) is 12.8. The average molecular weight is 396 g/mol. The zero-order valence-corrected chi connectivity index (χ0v) is 15.2. The molecule has 10 heteroatoms. The van der Waals surface area contributed by atoms with Crippen LogP contribution in [0.2, 0.25) is 10.0 Å². The van der Waals surface area contributed by atoms with Crippen LogP contribution in [-0.4, -0.2) is 49.5 Å². The highest BCUT2D eigenvalue weighted by molar-refractivity contribution is 7.89. The van der Waals surface area contributed by atoms with E-state index in [2.05, 4.69) is 4.74 Å². The summed E-state index contributed by atoms with van der Waals surface area (Å²) in [4.78, 5) is 23.5. The normalized spacial score (nSPS) is 24.8. The smallest absolute Gasteiger partial charge is 0.323 e. The Balaban J connectivity index is 2.54. The Kier molecular flexibility index (Phi) is 5.15. The first-order valence-electron chi connectivity index (χ1n) is 6.83. The van der Waals surface area contributed by atoms with Crippen molar-refractivity contribution < 1.29 is 27.9 Å². The average Bonchev–Trinajstić information content (AvgIpc) is 2.85. The Morgan fingerprint density at radius 1 is 1.29 bits per heavy atom. The largest absolute Gasteiger partial charge is 0.480 e. The molecule has 1 aliphatic rings. The first kappa shape index (κ1) is 19.0.